The van der Waals surface area contributed by atoms with E-state index in [0.717, 1.165) is 36.6 Å². The molecule has 1 aliphatic heterocycles. The molecule has 1 atom stereocenters. The summed E-state index contributed by atoms with van der Waals surface area (Å²) in [5, 5.41) is 14.9. The minimum Gasteiger partial charge on any atom is -0.493 e. The maximum absolute atomic E-state index is 10.8. The smallest absolute Gasteiger partial charge is 0.230 e. The molecule has 1 N–H and O–H groups in total. The third-order valence-corrected chi connectivity index (χ3v) is 6.10. The predicted octanol–water partition coefficient (Wildman–Crippen LogP) is 1.85. The van der Waals surface area contributed by atoms with Crippen LogP contribution >= 0.6 is 11.3 Å². The highest BCUT2D eigenvalue weighted by Gasteiger charge is 2.31. The summed E-state index contributed by atoms with van der Waals surface area (Å²) in [5.41, 5.74) is 1.04. The fraction of sp³-hybridized carbons (Fsp3) is 0.444. The van der Waals surface area contributed by atoms with E-state index in [1.165, 1.54) is 22.2 Å². The van der Waals surface area contributed by atoms with Gasteiger partial charge in [0.1, 0.15) is 6.33 Å². The number of piperazine rings is 1. The van der Waals surface area contributed by atoms with Gasteiger partial charge in [-0.25, -0.2) is 4.98 Å². The zero-order chi connectivity index (χ0) is 19.0. The van der Waals surface area contributed by atoms with Gasteiger partial charge in [-0.05, 0) is 24.7 Å². The molecular formula is C18H23N5O3S. The van der Waals surface area contributed by atoms with Crippen LogP contribution in [0.15, 0.2) is 24.5 Å². The summed E-state index contributed by atoms with van der Waals surface area (Å²) < 4.78 is 12.4. The Bertz CT molecular complexity index is 932. The van der Waals surface area contributed by atoms with Crippen LogP contribution in [0.4, 0.5) is 0 Å². The number of nitrogens with zero attached hydrogens (tertiary/aromatic N) is 5. The fourth-order valence-electron chi connectivity index (χ4n) is 3.50. The lowest BCUT2D eigenvalue weighted by Crippen LogP contribution is -2.46. The SMILES string of the molecule is COc1ccc([C@@H](c2sc3ncnn3c2O)N2CCN(C)CC2)cc1OC. The van der Waals surface area contributed by atoms with Crippen LogP contribution in [-0.4, -0.2) is 77.0 Å². The summed E-state index contributed by atoms with van der Waals surface area (Å²) in [6, 6.07) is 5.81. The second-order valence-corrected chi connectivity index (χ2v) is 7.61. The van der Waals surface area contributed by atoms with Gasteiger partial charge in [-0.1, -0.05) is 17.4 Å². The molecule has 0 saturated carbocycles. The summed E-state index contributed by atoms with van der Waals surface area (Å²) in [6.45, 7) is 3.77. The van der Waals surface area contributed by atoms with Crippen molar-refractivity contribution < 1.29 is 14.6 Å². The van der Waals surface area contributed by atoms with E-state index in [-0.39, 0.29) is 11.9 Å². The van der Waals surface area contributed by atoms with Crippen molar-refractivity contribution in [2.45, 2.75) is 6.04 Å². The van der Waals surface area contributed by atoms with E-state index in [9.17, 15) is 5.11 Å². The number of ether oxygens (including phenoxy) is 2. The van der Waals surface area contributed by atoms with Crippen molar-refractivity contribution >= 4 is 16.3 Å². The molecule has 0 radical (unpaired) electrons. The van der Waals surface area contributed by atoms with E-state index >= 15 is 0 Å². The van der Waals surface area contributed by atoms with E-state index in [2.05, 4.69) is 26.9 Å². The summed E-state index contributed by atoms with van der Waals surface area (Å²) in [6.07, 6.45) is 1.45. The summed E-state index contributed by atoms with van der Waals surface area (Å²) in [4.78, 5) is 10.4. The van der Waals surface area contributed by atoms with Gasteiger partial charge in [-0.2, -0.15) is 9.61 Å². The molecule has 144 valence electrons. The van der Waals surface area contributed by atoms with Gasteiger partial charge in [0.2, 0.25) is 10.8 Å². The highest BCUT2D eigenvalue weighted by Crippen LogP contribution is 2.42. The monoisotopic (exact) mass is 389 g/mol. The van der Waals surface area contributed by atoms with Crippen molar-refractivity contribution in [1.29, 1.82) is 0 Å². The molecule has 27 heavy (non-hydrogen) atoms. The molecule has 3 aromatic rings. The molecule has 0 bridgehead atoms. The Kier molecular flexibility index (Phi) is 4.90. The van der Waals surface area contributed by atoms with Crippen LogP contribution in [0.1, 0.15) is 16.5 Å². The molecule has 0 unspecified atom stereocenters. The van der Waals surface area contributed by atoms with Crippen molar-refractivity contribution in [3.63, 3.8) is 0 Å². The first-order valence-corrected chi connectivity index (χ1v) is 9.60. The number of aromatic hydroxyl groups is 1. The first-order chi connectivity index (χ1) is 13.1. The lowest BCUT2D eigenvalue weighted by molar-refractivity contribution is 0.127. The number of hydrogen-bond donors (Lipinski definition) is 1. The molecule has 0 amide bonds. The van der Waals surface area contributed by atoms with Crippen molar-refractivity contribution in [2.75, 3.05) is 47.4 Å². The number of methoxy groups -OCH3 is 2. The third kappa shape index (κ3) is 3.22. The normalized spacial score (nSPS) is 17.3. The van der Waals surface area contributed by atoms with Crippen molar-refractivity contribution in [1.82, 2.24) is 24.4 Å². The van der Waals surface area contributed by atoms with Crippen LogP contribution in [-0.2, 0) is 0 Å². The Morgan fingerprint density at radius 2 is 1.85 bits per heavy atom. The van der Waals surface area contributed by atoms with Crippen LogP contribution in [0, 0.1) is 0 Å². The maximum Gasteiger partial charge on any atom is 0.230 e. The van der Waals surface area contributed by atoms with Crippen LogP contribution in [0.25, 0.3) is 4.96 Å². The van der Waals surface area contributed by atoms with Crippen LogP contribution in [0.3, 0.4) is 0 Å². The zero-order valence-electron chi connectivity index (χ0n) is 15.6. The molecule has 9 heteroatoms. The van der Waals surface area contributed by atoms with Gasteiger partial charge >= 0.3 is 0 Å². The summed E-state index contributed by atoms with van der Waals surface area (Å²) >= 11 is 1.46. The largest absolute Gasteiger partial charge is 0.493 e. The number of likely N-dealkylation sites (N-methyl/N-ethyl adjacent to an activating group) is 1. The minimum atomic E-state index is -0.105. The van der Waals surface area contributed by atoms with Gasteiger partial charge in [-0.15, -0.1) is 0 Å². The van der Waals surface area contributed by atoms with Crippen molar-refractivity contribution in [2.24, 2.45) is 0 Å². The zero-order valence-corrected chi connectivity index (χ0v) is 16.4. The Morgan fingerprint density at radius 3 is 2.52 bits per heavy atom. The lowest BCUT2D eigenvalue weighted by atomic mass is 10.0. The number of aromatic nitrogens is 3. The number of fused-ring (bicyclic) bond motifs is 1. The van der Waals surface area contributed by atoms with Gasteiger partial charge in [-0.3, -0.25) is 4.90 Å². The molecule has 4 rings (SSSR count). The molecule has 2 aromatic heterocycles. The number of thiazole rings is 1. The molecule has 1 aliphatic rings. The molecule has 0 spiro atoms. The Hall–Kier alpha value is -2.36. The summed E-state index contributed by atoms with van der Waals surface area (Å²) in [5.74, 6) is 1.50. The highest BCUT2D eigenvalue weighted by molar-refractivity contribution is 7.17. The minimum absolute atomic E-state index is 0.105. The molecule has 1 fully saturated rings. The first-order valence-electron chi connectivity index (χ1n) is 8.78. The molecule has 3 heterocycles. The Labute approximate surface area is 161 Å². The number of hydrogen-bond acceptors (Lipinski definition) is 8. The predicted molar refractivity (Wildman–Crippen MR) is 103 cm³/mol. The van der Waals surface area contributed by atoms with Crippen molar-refractivity contribution in [3.05, 3.63) is 35.0 Å². The van der Waals surface area contributed by atoms with E-state index in [4.69, 9.17) is 9.47 Å². The van der Waals surface area contributed by atoms with Gasteiger partial charge in [0.05, 0.1) is 25.1 Å². The molecule has 1 aromatic carbocycles. The van der Waals surface area contributed by atoms with Crippen LogP contribution in [0.5, 0.6) is 17.4 Å². The van der Waals surface area contributed by atoms with E-state index in [1.807, 2.05) is 18.2 Å². The average Bonchev–Trinajstić information content (AvgIpc) is 3.27. The van der Waals surface area contributed by atoms with E-state index in [0.29, 0.717) is 16.5 Å². The number of rotatable bonds is 5. The second kappa shape index (κ2) is 7.34. The fourth-order valence-corrected chi connectivity index (χ4v) is 4.59. The first kappa shape index (κ1) is 18.0. The second-order valence-electron chi connectivity index (χ2n) is 6.60. The van der Waals surface area contributed by atoms with Crippen LogP contribution in [0.2, 0.25) is 0 Å². The maximum atomic E-state index is 10.8. The molecule has 1 saturated heterocycles. The van der Waals surface area contributed by atoms with Gasteiger partial charge in [0.25, 0.3) is 0 Å². The molecule has 0 aliphatic carbocycles. The van der Waals surface area contributed by atoms with Gasteiger partial charge < -0.3 is 19.5 Å². The Balaban J connectivity index is 1.81. The van der Waals surface area contributed by atoms with Gasteiger partial charge in [0.15, 0.2) is 11.5 Å². The third-order valence-electron chi connectivity index (χ3n) is 5.01. The average molecular weight is 389 g/mol. The quantitative estimate of drug-likeness (QED) is 0.714. The topological polar surface area (TPSA) is 75.4 Å². The van der Waals surface area contributed by atoms with Gasteiger partial charge in [0, 0.05) is 26.2 Å². The number of benzene rings is 1. The molecular weight excluding hydrogens is 366 g/mol. The highest BCUT2D eigenvalue weighted by atomic mass is 32.1. The van der Waals surface area contributed by atoms with Crippen LogP contribution < -0.4 is 9.47 Å². The summed E-state index contributed by atoms with van der Waals surface area (Å²) in [7, 11) is 5.39. The molecule has 8 nitrogen and oxygen atoms in total. The van der Waals surface area contributed by atoms with Crippen molar-refractivity contribution in [3.8, 4) is 17.4 Å². The van der Waals surface area contributed by atoms with E-state index < -0.39 is 0 Å². The Morgan fingerprint density at radius 1 is 1.11 bits per heavy atom. The standard InChI is InChI=1S/C18H23N5O3S/c1-21-6-8-22(9-7-21)15(12-4-5-13(25-2)14(10-12)26-3)16-17(24)23-18(27-16)19-11-20-23/h4-5,10-11,15,24H,6-9H2,1-3H3/t15-/m0/s1. The lowest BCUT2D eigenvalue weighted by Gasteiger charge is -2.37. The van der Waals surface area contributed by atoms with E-state index in [1.54, 1.807) is 14.2 Å².